The first-order chi connectivity index (χ1) is 3.93. The Balaban J connectivity index is 0.000000640. The molecule has 1 aliphatic rings. The highest BCUT2D eigenvalue weighted by Crippen LogP contribution is 2.07. The Morgan fingerprint density at radius 2 is 2.44 bits per heavy atom. The number of rotatable bonds is 4. The van der Waals surface area contributed by atoms with E-state index in [0.29, 0.717) is 12.7 Å². The smallest absolute Gasteiger partial charge is 0.104 e. The Bertz CT molecular complexity index is 78.4. The van der Waals surface area contributed by atoms with Crippen LogP contribution < -0.4 is 0 Å². The van der Waals surface area contributed by atoms with Crippen LogP contribution in [-0.2, 0) is 9.47 Å². The van der Waals surface area contributed by atoms with Crippen LogP contribution in [0.25, 0.3) is 0 Å². The van der Waals surface area contributed by atoms with Gasteiger partial charge in [0.1, 0.15) is 6.10 Å². The second-order valence-electron chi connectivity index (χ2n) is 1.78. The van der Waals surface area contributed by atoms with E-state index in [0.717, 1.165) is 13.2 Å². The van der Waals surface area contributed by atoms with Crippen molar-refractivity contribution in [1.29, 1.82) is 0 Å². The fourth-order valence-corrected chi connectivity index (χ4v) is 0.447. The van der Waals surface area contributed by atoms with Crippen molar-refractivity contribution in [3.8, 4) is 0 Å². The summed E-state index contributed by atoms with van der Waals surface area (Å²) in [6, 6.07) is 0. The molecule has 54 valence electrons. The second-order valence-corrected chi connectivity index (χ2v) is 1.78. The number of hydrogen-bond donors (Lipinski definition) is 0. The molecule has 1 atom stereocenters. The largest absolute Gasteiger partial charge is 0.412 e. The van der Waals surface area contributed by atoms with Gasteiger partial charge in [0, 0.05) is 0 Å². The van der Waals surface area contributed by atoms with Crippen LogP contribution in [0.1, 0.15) is 0 Å². The highest BCUT2D eigenvalue weighted by Gasteiger charge is 2.21. The minimum absolute atomic E-state index is 0. The molecule has 3 heteroatoms. The van der Waals surface area contributed by atoms with Crippen molar-refractivity contribution in [2.24, 2.45) is 0 Å². The molecular weight excluding hydrogens is 120 g/mol. The lowest BCUT2D eigenvalue weighted by atomic mass is 10.5. The molecule has 1 unspecified atom stereocenters. The van der Waals surface area contributed by atoms with Crippen molar-refractivity contribution in [3.63, 3.8) is 0 Å². The van der Waals surface area contributed by atoms with E-state index in [1.165, 1.54) is 0 Å². The summed E-state index contributed by atoms with van der Waals surface area (Å²) < 4.78 is 9.96. The summed E-state index contributed by atoms with van der Waals surface area (Å²) in [5.41, 5.74) is 0. The lowest BCUT2D eigenvalue weighted by Gasteiger charge is -1.92. The van der Waals surface area contributed by atoms with Gasteiger partial charge in [0.15, 0.2) is 0 Å². The third kappa shape index (κ3) is 4.14. The van der Waals surface area contributed by atoms with E-state index in [4.69, 9.17) is 9.47 Å². The first kappa shape index (κ1) is 8.62. The topological polar surface area (TPSA) is 53.3 Å². The van der Waals surface area contributed by atoms with Gasteiger partial charge >= 0.3 is 0 Å². The average molecular weight is 132 g/mol. The molecule has 1 heterocycles. The van der Waals surface area contributed by atoms with Crippen molar-refractivity contribution < 1.29 is 14.9 Å². The molecule has 0 spiro atoms. The molecule has 1 saturated heterocycles. The maximum absolute atomic E-state index is 5.06. The van der Waals surface area contributed by atoms with E-state index in [2.05, 4.69) is 6.58 Å². The van der Waals surface area contributed by atoms with E-state index in [1.807, 2.05) is 0 Å². The zero-order valence-corrected chi connectivity index (χ0v) is 5.30. The van der Waals surface area contributed by atoms with Crippen molar-refractivity contribution in [2.45, 2.75) is 6.10 Å². The zero-order chi connectivity index (χ0) is 5.82. The highest BCUT2D eigenvalue weighted by molar-refractivity contribution is 4.70. The number of ether oxygens (including phenoxy) is 2. The average Bonchev–Trinajstić information content (AvgIpc) is 2.51. The Morgan fingerprint density at radius 3 is 2.89 bits per heavy atom. The Morgan fingerprint density at radius 1 is 1.78 bits per heavy atom. The fourth-order valence-electron chi connectivity index (χ4n) is 0.447. The van der Waals surface area contributed by atoms with Gasteiger partial charge in [-0.25, -0.2) is 0 Å². The summed E-state index contributed by atoms with van der Waals surface area (Å²) in [5, 5.41) is 0. The zero-order valence-electron chi connectivity index (χ0n) is 5.30. The molecule has 0 aromatic heterocycles. The molecule has 0 aliphatic carbocycles. The van der Waals surface area contributed by atoms with E-state index >= 15 is 0 Å². The molecule has 0 radical (unpaired) electrons. The summed E-state index contributed by atoms with van der Waals surface area (Å²) in [7, 11) is 0. The number of epoxide rings is 1. The van der Waals surface area contributed by atoms with Crippen LogP contribution in [0, 0.1) is 0 Å². The molecular formula is C6H12O3. The number of hydrogen-bond acceptors (Lipinski definition) is 2. The summed E-state index contributed by atoms with van der Waals surface area (Å²) >= 11 is 0. The van der Waals surface area contributed by atoms with Crippen molar-refractivity contribution in [2.75, 3.05) is 19.8 Å². The summed E-state index contributed by atoms with van der Waals surface area (Å²) in [5.74, 6) is 0. The van der Waals surface area contributed by atoms with Gasteiger partial charge < -0.3 is 14.9 Å². The molecule has 0 bridgehead atoms. The molecule has 9 heavy (non-hydrogen) atoms. The maximum atomic E-state index is 5.06. The highest BCUT2D eigenvalue weighted by atomic mass is 16.6. The Hall–Kier alpha value is -0.380. The van der Waals surface area contributed by atoms with Crippen molar-refractivity contribution in [1.82, 2.24) is 0 Å². The van der Waals surface area contributed by atoms with Gasteiger partial charge in [-0.1, -0.05) is 6.08 Å². The van der Waals surface area contributed by atoms with Crippen LogP contribution in [0.4, 0.5) is 0 Å². The summed E-state index contributed by atoms with van der Waals surface area (Å²) in [6.45, 7) is 5.75. The first-order valence-electron chi connectivity index (χ1n) is 2.73. The third-order valence-corrected chi connectivity index (χ3v) is 0.942. The SMILES string of the molecule is C=CCOCC1CO1.O. The van der Waals surface area contributed by atoms with Gasteiger partial charge in [0.25, 0.3) is 0 Å². The predicted molar refractivity (Wildman–Crippen MR) is 34.4 cm³/mol. The summed E-state index contributed by atoms with van der Waals surface area (Å²) in [6.07, 6.45) is 2.12. The monoisotopic (exact) mass is 132 g/mol. The quantitative estimate of drug-likeness (QED) is 0.301. The van der Waals surface area contributed by atoms with Gasteiger partial charge in [-0.3, -0.25) is 0 Å². The predicted octanol–water partition coefficient (Wildman–Crippen LogP) is -0.237. The minimum atomic E-state index is 0. The van der Waals surface area contributed by atoms with Gasteiger partial charge in [0.05, 0.1) is 19.8 Å². The standard InChI is InChI=1S/C6H10O2.H2O/c1-2-3-7-4-6-5-8-6;/h2,6H,1,3-5H2;1H2. The summed E-state index contributed by atoms with van der Waals surface area (Å²) in [4.78, 5) is 0. The lowest BCUT2D eigenvalue weighted by Crippen LogP contribution is -2.00. The molecule has 1 aliphatic heterocycles. The minimum Gasteiger partial charge on any atom is -0.412 e. The van der Waals surface area contributed by atoms with Gasteiger partial charge in [0.2, 0.25) is 0 Å². The Kier molecular flexibility index (Phi) is 4.30. The Labute approximate surface area is 54.6 Å². The fraction of sp³-hybridized carbons (Fsp3) is 0.667. The van der Waals surface area contributed by atoms with E-state index in [1.54, 1.807) is 6.08 Å². The van der Waals surface area contributed by atoms with E-state index in [-0.39, 0.29) is 5.48 Å². The maximum Gasteiger partial charge on any atom is 0.104 e. The van der Waals surface area contributed by atoms with Gasteiger partial charge in [-0.2, -0.15) is 0 Å². The normalized spacial score (nSPS) is 22.4. The van der Waals surface area contributed by atoms with Crippen LogP contribution in [0.2, 0.25) is 0 Å². The van der Waals surface area contributed by atoms with E-state index in [9.17, 15) is 0 Å². The van der Waals surface area contributed by atoms with Crippen molar-refractivity contribution >= 4 is 0 Å². The van der Waals surface area contributed by atoms with Crippen LogP contribution in [0.5, 0.6) is 0 Å². The molecule has 0 aromatic carbocycles. The molecule has 0 aromatic rings. The van der Waals surface area contributed by atoms with Crippen LogP contribution in [-0.4, -0.2) is 31.4 Å². The molecule has 3 nitrogen and oxygen atoms in total. The third-order valence-electron chi connectivity index (χ3n) is 0.942. The molecule has 1 fully saturated rings. The van der Waals surface area contributed by atoms with Gasteiger partial charge in [-0.05, 0) is 0 Å². The molecule has 0 amide bonds. The van der Waals surface area contributed by atoms with Crippen LogP contribution >= 0.6 is 0 Å². The second kappa shape index (κ2) is 4.49. The van der Waals surface area contributed by atoms with Crippen molar-refractivity contribution in [3.05, 3.63) is 12.7 Å². The van der Waals surface area contributed by atoms with Gasteiger partial charge in [-0.15, -0.1) is 6.58 Å². The molecule has 0 saturated carbocycles. The van der Waals surface area contributed by atoms with E-state index < -0.39 is 0 Å². The van der Waals surface area contributed by atoms with Crippen LogP contribution in [0.15, 0.2) is 12.7 Å². The molecule has 2 N–H and O–H groups in total. The van der Waals surface area contributed by atoms with Crippen LogP contribution in [0.3, 0.4) is 0 Å². The first-order valence-corrected chi connectivity index (χ1v) is 2.73. The lowest BCUT2D eigenvalue weighted by molar-refractivity contribution is 0.141. The molecule has 1 rings (SSSR count).